The largest absolute Gasteiger partial charge is 0.378 e. The Hall–Kier alpha value is -2.74. The molecule has 1 aromatic carbocycles. The molecule has 7 nitrogen and oxygen atoms in total. The minimum Gasteiger partial charge on any atom is -0.378 e. The highest BCUT2D eigenvalue weighted by molar-refractivity contribution is 5.92. The zero-order valence-corrected chi connectivity index (χ0v) is 16.3. The predicted octanol–water partition coefficient (Wildman–Crippen LogP) is 1.97. The number of carbonyl (C=O) groups excluding carboxylic acids is 2. The van der Waals surface area contributed by atoms with Crippen LogP contribution in [-0.2, 0) is 16.0 Å². The van der Waals surface area contributed by atoms with Crippen molar-refractivity contribution in [3.05, 3.63) is 53.1 Å². The van der Waals surface area contributed by atoms with Crippen LogP contribution in [0.1, 0.15) is 40.5 Å². The van der Waals surface area contributed by atoms with E-state index >= 15 is 0 Å². The van der Waals surface area contributed by atoms with E-state index in [0.717, 1.165) is 24.1 Å². The maximum Gasteiger partial charge on any atom is 0.274 e. The third kappa shape index (κ3) is 4.64. The van der Waals surface area contributed by atoms with E-state index in [-0.39, 0.29) is 30.0 Å². The van der Waals surface area contributed by atoms with Gasteiger partial charge in [0.15, 0.2) is 0 Å². The second kappa shape index (κ2) is 8.73. The summed E-state index contributed by atoms with van der Waals surface area (Å²) in [6.45, 7) is 3.57. The Labute approximate surface area is 168 Å². The van der Waals surface area contributed by atoms with Crippen molar-refractivity contribution in [2.75, 3.05) is 39.4 Å². The lowest BCUT2D eigenvalue weighted by atomic mass is 9.94. The Morgan fingerprint density at radius 3 is 2.66 bits per heavy atom. The number of nitrogens with zero attached hydrogens (tertiary/aromatic N) is 3. The predicted molar refractivity (Wildman–Crippen MR) is 104 cm³/mol. The summed E-state index contributed by atoms with van der Waals surface area (Å²) in [6, 6.07) is 7.86. The average molecular weight is 400 g/mol. The molecule has 1 unspecified atom stereocenters. The number of carbonyl (C=O) groups is 2. The highest BCUT2D eigenvalue weighted by Crippen LogP contribution is 2.26. The summed E-state index contributed by atoms with van der Waals surface area (Å²) in [5, 5.41) is 7.22. The van der Waals surface area contributed by atoms with Crippen LogP contribution in [-0.4, -0.2) is 71.2 Å². The summed E-state index contributed by atoms with van der Waals surface area (Å²) in [4.78, 5) is 28.9. The average Bonchev–Trinajstić information content (AvgIpc) is 3.26. The van der Waals surface area contributed by atoms with Crippen LogP contribution in [0.4, 0.5) is 4.39 Å². The molecular weight excluding hydrogens is 375 g/mol. The number of H-pyrrole nitrogens is 1. The van der Waals surface area contributed by atoms with Crippen LogP contribution in [0.3, 0.4) is 0 Å². The number of nitrogens with one attached hydrogen (secondary N) is 1. The van der Waals surface area contributed by atoms with Crippen molar-refractivity contribution < 1.29 is 18.7 Å². The summed E-state index contributed by atoms with van der Waals surface area (Å²) in [5.41, 5.74) is 2.11. The lowest BCUT2D eigenvalue weighted by molar-refractivity contribution is -0.131. The SMILES string of the molecule is O=C(Cc1ccc(F)cc1)N1CCCC(c2cc(C(=O)N3CCOCC3)n[nH]2)C1. The fraction of sp³-hybridized carbons (Fsp3) is 0.476. The number of hydrogen-bond donors (Lipinski definition) is 1. The summed E-state index contributed by atoms with van der Waals surface area (Å²) in [5.74, 6) is -0.234. The monoisotopic (exact) mass is 400 g/mol. The molecule has 0 aliphatic carbocycles. The maximum atomic E-state index is 13.1. The van der Waals surface area contributed by atoms with E-state index in [1.165, 1.54) is 12.1 Å². The summed E-state index contributed by atoms with van der Waals surface area (Å²) in [6.07, 6.45) is 2.09. The summed E-state index contributed by atoms with van der Waals surface area (Å²) in [7, 11) is 0. The number of hydrogen-bond acceptors (Lipinski definition) is 4. The van der Waals surface area contributed by atoms with Crippen LogP contribution in [0.5, 0.6) is 0 Å². The first-order chi connectivity index (χ1) is 14.1. The van der Waals surface area contributed by atoms with Gasteiger partial charge in [0.2, 0.25) is 5.91 Å². The second-order valence-electron chi connectivity index (χ2n) is 7.60. The van der Waals surface area contributed by atoms with Gasteiger partial charge in [0.05, 0.1) is 19.6 Å². The molecule has 0 saturated carbocycles. The van der Waals surface area contributed by atoms with Gasteiger partial charge in [0.1, 0.15) is 11.5 Å². The van der Waals surface area contributed by atoms with Crippen LogP contribution >= 0.6 is 0 Å². The number of ether oxygens (including phenoxy) is 1. The Bertz CT molecular complexity index is 861. The van der Waals surface area contributed by atoms with Gasteiger partial charge in [-0.05, 0) is 36.6 Å². The second-order valence-corrected chi connectivity index (χ2v) is 7.60. The number of likely N-dealkylation sites (tertiary alicyclic amines) is 1. The van der Waals surface area contributed by atoms with Crippen LogP contribution in [0.15, 0.2) is 30.3 Å². The molecule has 2 aliphatic heterocycles. The van der Waals surface area contributed by atoms with Gasteiger partial charge in [0, 0.05) is 37.8 Å². The number of aromatic amines is 1. The minimum absolute atomic E-state index is 0.0328. The standard InChI is InChI=1S/C21H25FN4O3/c22-17-5-3-15(4-6-17)12-20(27)26-7-1-2-16(14-26)18-13-19(24-23-18)21(28)25-8-10-29-11-9-25/h3-6,13,16H,1-2,7-12,14H2,(H,23,24). The first-order valence-corrected chi connectivity index (χ1v) is 10.0. The molecule has 1 atom stereocenters. The van der Waals surface area contributed by atoms with Crippen LogP contribution in [0.2, 0.25) is 0 Å². The van der Waals surface area contributed by atoms with Crippen LogP contribution < -0.4 is 0 Å². The molecule has 0 bridgehead atoms. The van der Waals surface area contributed by atoms with Crippen molar-refractivity contribution in [3.8, 4) is 0 Å². The zero-order chi connectivity index (χ0) is 20.2. The van der Waals surface area contributed by atoms with Crippen LogP contribution in [0, 0.1) is 5.82 Å². The number of rotatable bonds is 4. The molecule has 0 spiro atoms. The first kappa shape index (κ1) is 19.6. The van der Waals surface area contributed by atoms with Gasteiger partial charge >= 0.3 is 0 Å². The number of amides is 2. The number of halogens is 1. The molecule has 3 heterocycles. The number of morpholine rings is 1. The molecule has 2 amide bonds. The normalized spacial score (nSPS) is 20.0. The molecular formula is C21H25FN4O3. The Morgan fingerprint density at radius 2 is 1.90 bits per heavy atom. The molecule has 1 aromatic heterocycles. The van der Waals surface area contributed by atoms with Crippen molar-refractivity contribution in [2.45, 2.75) is 25.2 Å². The first-order valence-electron chi connectivity index (χ1n) is 10.0. The van der Waals surface area contributed by atoms with Crippen LogP contribution in [0.25, 0.3) is 0 Å². The van der Waals surface area contributed by atoms with Crippen molar-refractivity contribution in [1.82, 2.24) is 20.0 Å². The lowest BCUT2D eigenvalue weighted by Crippen LogP contribution is -2.40. The number of piperidine rings is 1. The van der Waals surface area contributed by atoms with Gasteiger partial charge in [-0.3, -0.25) is 14.7 Å². The molecule has 8 heteroatoms. The van der Waals surface area contributed by atoms with E-state index in [1.807, 2.05) is 11.0 Å². The topological polar surface area (TPSA) is 78.5 Å². The van der Waals surface area contributed by atoms with E-state index in [0.29, 0.717) is 45.1 Å². The van der Waals surface area contributed by atoms with Gasteiger partial charge in [-0.25, -0.2) is 4.39 Å². The van der Waals surface area contributed by atoms with E-state index in [1.54, 1.807) is 17.0 Å². The smallest absolute Gasteiger partial charge is 0.274 e. The fourth-order valence-electron chi connectivity index (χ4n) is 3.93. The van der Waals surface area contributed by atoms with Crippen molar-refractivity contribution >= 4 is 11.8 Å². The zero-order valence-electron chi connectivity index (χ0n) is 16.3. The molecule has 29 heavy (non-hydrogen) atoms. The van der Waals surface area contributed by atoms with E-state index in [2.05, 4.69) is 10.2 Å². The molecule has 1 N–H and O–H groups in total. The maximum absolute atomic E-state index is 13.1. The van der Waals surface area contributed by atoms with Crippen molar-refractivity contribution in [2.24, 2.45) is 0 Å². The van der Waals surface area contributed by atoms with Gasteiger partial charge in [-0.15, -0.1) is 0 Å². The molecule has 2 saturated heterocycles. The number of benzene rings is 1. The molecule has 0 radical (unpaired) electrons. The van der Waals surface area contributed by atoms with Gasteiger partial charge in [0.25, 0.3) is 5.91 Å². The summed E-state index contributed by atoms with van der Waals surface area (Å²) >= 11 is 0. The third-order valence-electron chi connectivity index (χ3n) is 5.60. The van der Waals surface area contributed by atoms with Crippen molar-refractivity contribution in [1.29, 1.82) is 0 Å². The highest BCUT2D eigenvalue weighted by Gasteiger charge is 2.28. The van der Waals surface area contributed by atoms with Crippen molar-refractivity contribution in [3.63, 3.8) is 0 Å². The quantitative estimate of drug-likeness (QED) is 0.851. The van der Waals surface area contributed by atoms with E-state index < -0.39 is 0 Å². The molecule has 4 rings (SSSR count). The van der Waals surface area contributed by atoms with Gasteiger partial charge in [-0.1, -0.05) is 12.1 Å². The fourth-order valence-corrected chi connectivity index (χ4v) is 3.93. The Kier molecular flexibility index (Phi) is 5.89. The molecule has 154 valence electrons. The molecule has 2 aromatic rings. The Balaban J connectivity index is 1.38. The van der Waals surface area contributed by atoms with Gasteiger partial charge in [-0.2, -0.15) is 5.10 Å². The lowest BCUT2D eigenvalue weighted by Gasteiger charge is -2.32. The highest BCUT2D eigenvalue weighted by atomic mass is 19.1. The summed E-state index contributed by atoms with van der Waals surface area (Å²) < 4.78 is 18.3. The molecule has 2 aliphatic rings. The number of aromatic nitrogens is 2. The Morgan fingerprint density at radius 1 is 1.14 bits per heavy atom. The van der Waals surface area contributed by atoms with E-state index in [4.69, 9.17) is 4.74 Å². The van der Waals surface area contributed by atoms with Gasteiger partial charge < -0.3 is 14.5 Å². The third-order valence-corrected chi connectivity index (χ3v) is 5.60. The van der Waals surface area contributed by atoms with E-state index in [9.17, 15) is 14.0 Å². The molecule has 2 fully saturated rings. The minimum atomic E-state index is -0.305.